The first-order valence-electron chi connectivity index (χ1n) is 8.35. The molecule has 0 N–H and O–H groups in total. The Kier molecular flexibility index (Phi) is 4.94. The maximum Gasteiger partial charge on any atom is 0.0956 e. The predicted molar refractivity (Wildman–Crippen MR) is 86.4 cm³/mol. The number of hydrogen-bond acceptors (Lipinski definition) is 3. The lowest BCUT2D eigenvalue weighted by Gasteiger charge is -2.37. The summed E-state index contributed by atoms with van der Waals surface area (Å²) in [6.07, 6.45) is 4.60. The molecule has 2 aliphatic rings. The highest BCUT2D eigenvalue weighted by Gasteiger charge is 2.28. The molecule has 0 aromatic heterocycles. The van der Waals surface area contributed by atoms with Crippen LogP contribution in [0, 0.1) is 0 Å². The second kappa shape index (κ2) is 6.91. The summed E-state index contributed by atoms with van der Waals surface area (Å²) in [5, 5.41) is 0. The maximum atomic E-state index is 6.14. The summed E-state index contributed by atoms with van der Waals surface area (Å²) < 4.78 is 6.14. The fourth-order valence-electron chi connectivity index (χ4n) is 3.75. The first-order valence-corrected chi connectivity index (χ1v) is 8.35. The van der Waals surface area contributed by atoms with Crippen LogP contribution >= 0.6 is 0 Å². The van der Waals surface area contributed by atoms with E-state index < -0.39 is 0 Å². The molecule has 0 saturated carbocycles. The minimum atomic E-state index is 0.233. The minimum absolute atomic E-state index is 0.233. The van der Waals surface area contributed by atoms with Crippen LogP contribution in [0.3, 0.4) is 0 Å². The molecule has 0 spiro atoms. The first kappa shape index (κ1) is 15.0. The van der Waals surface area contributed by atoms with Gasteiger partial charge < -0.3 is 9.64 Å². The Hall–Kier alpha value is -0.900. The topological polar surface area (TPSA) is 15.7 Å². The van der Waals surface area contributed by atoms with Gasteiger partial charge in [0.2, 0.25) is 0 Å². The second-order valence-electron chi connectivity index (χ2n) is 6.67. The van der Waals surface area contributed by atoms with E-state index in [-0.39, 0.29) is 6.10 Å². The van der Waals surface area contributed by atoms with Crippen LogP contribution in [-0.4, -0.2) is 55.2 Å². The van der Waals surface area contributed by atoms with E-state index in [1.807, 2.05) is 0 Å². The van der Waals surface area contributed by atoms with Gasteiger partial charge in [-0.05, 0) is 51.9 Å². The number of morpholine rings is 1. The number of likely N-dealkylation sites (tertiary alicyclic amines) is 1. The number of nitrogens with zero attached hydrogens (tertiary/aromatic N) is 2. The maximum absolute atomic E-state index is 6.14. The Bertz CT molecular complexity index is 436. The zero-order valence-corrected chi connectivity index (χ0v) is 13.4. The molecular formula is C18H28N2O. The zero-order valence-electron chi connectivity index (χ0n) is 13.4. The van der Waals surface area contributed by atoms with Crippen LogP contribution in [0.5, 0.6) is 0 Å². The van der Waals surface area contributed by atoms with Crippen LogP contribution in [0.2, 0.25) is 0 Å². The molecule has 0 radical (unpaired) electrons. The van der Waals surface area contributed by atoms with Crippen molar-refractivity contribution in [2.45, 2.75) is 44.4 Å². The molecule has 2 aliphatic heterocycles. The van der Waals surface area contributed by atoms with Crippen LogP contribution in [0.25, 0.3) is 0 Å². The minimum Gasteiger partial charge on any atom is -0.368 e. The van der Waals surface area contributed by atoms with Crippen molar-refractivity contribution < 1.29 is 4.74 Å². The van der Waals surface area contributed by atoms with Gasteiger partial charge in [-0.15, -0.1) is 0 Å². The van der Waals surface area contributed by atoms with E-state index in [1.165, 1.54) is 37.9 Å². The highest BCUT2D eigenvalue weighted by molar-refractivity contribution is 5.18. The Balaban J connectivity index is 1.56. The molecule has 3 rings (SSSR count). The first-order chi connectivity index (χ1) is 10.2. The van der Waals surface area contributed by atoms with Crippen molar-refractivity contribution in [3.8, 4) is 0 Å². The number of benzene rings is 1. The molecule has 21 heavy (non-hydrogen) atoms. The third kappa shape index (κ3) is 3.85. The molecule has 0 amide bonds. The lowest BCUT2D eigenvalue weighted by Crippen LogP contribution is -2.44. The van der Waals surface area contributed by atoms with Crippen molar-refractivity contribution in [3.63, 3.8) is 0 Å². The summed E-state index contributed by atoms with van der Waals surface area (Å²) >= 11 is 0. The summed E-state index contributed by atoms with van der Waals surface area (Å²) in [4.78, 5) is 5.12. The van der Waals surface area contributed by atoms with Crippen LogP contribution in [0.15, 0.2) is 30.3 Å². The summed E-state index contributed by atoms with van der Waals surface area (Å²) in [7, 11) is 2.27. The fraction of sp³-hybridized carbons (Fsp3) is 0.667. The van der Waals surface area contributed by atoms with Gasteiger partial charge in [-0.25, -0.2) is 0 Å². The van der Waals surface area contributed by atoms with E-state index in [9.17, 15) is 0 Å². The van der Waals surface area contributed by atoms with E-state index in [4.69, 9.17) is 4.74 Å². The molecule has 1 aromatic carbocycles. The van der Waals surface area contributed by atoms with E-state index in [0.29, 0.717) is 6.10 Å². The van der Waals surface area contributed by atoms with E-state index >= 15 is 0 Å². The van der Waals surface area contributed by atoms with Gasteiger partial charge in [0, 0.05) is 19.1 Å². The van der Waals surface area contributed by atoms with Crippen molar-refractivity contribution in [3.05, 3.63) is 35.9 Å². The summed E-state index contributed by atoms with van der Waals surface area (Å²) in [5.74, 6) is 0. The molecule has 2 saturated heterocycles. The van der Waals surface area contributed by atoms with E-state index in [2.05, 4.69) is 54.1 Å². The SMILES string of the molecule is CC1CN(CCC2CCCN2C)CC(c2ccccc2)O1. The average molecular weight is 288 g/mol. The second-order valence-corrected chi connectivity index (χ2v) is 6.67. The monoisotopic (exact) mass is 288 g/mol. The molecule has 116 valence electrons. The third-order valence-electron chi connectivity index (χ3n) is 4.96. The van der Waals surface area contributed by atoms with Gasteiger partial charge in [0.15, 0.2) is 0 Å². The summed E-state index contributed by atoms with van der Waals surface area (Å²) in [6, 6.07) is 11.4. The van der Waals surface area contributed by atoms with Crippen molar-refractivity contribution >= 4 is 0 Å². The predicted octanol–water partition coefficient (Wildman–Crippen LogP) is 2.93. The Labute approximate surface area is 128 Å². The van der Waals surface area contributed by atoms with Crippen LogP contribution < -0.4 is 0 Å². The van der Waals surface area contributed by atoms with Gasteiger partial charge in [-0.3, -0.25) is 4.90 Å². The number of ether oxygens (including phenoxy) is 1. The average Bonchev–Trinajstić information content (AvgIpc) is 2.91. The number of rotatable bonds is 4. The van der Waals surface area contributed by atoms with Gasteiger partial charge in [-0.1, -0.05) is 30.3 Å². The van der Waals surface area contributed by atoms with Crippen molar-refractivity contribution in [2.75, 3.05) is 33.2 Å². The molecular weight excluding hydrogens is 260 g/mol. The lowest BCUT2D eigenvalue weighted by molar-refractivity contribution is -0.0799. The van der Waals surface area contributed by atoms with Crippen molar-refractivity contribution in [2.24, 2.45) is 0 Å². The van der Waals surface area contributed by atoms with Crippen molar-refractivity contribution in [1.29, 1.82) is 0 Å². The van der Waals surface area contributed by atoms with Crippen molar-refractivity contribution in [1.82, 2.24) is 9.80 Å². The normalized spacial score (nSPS) is 31.6. The largest absolute Gasteiger partial charge is 0.368 e. The third-order valence-corrected chi connectivity index (χ3v) is 4.96. The van der Waals surface area contributed by atoms with E-state index in [0.717, 1.165) is 19.1 Å². The van der Waals surface area contributed by atoms with Crippen LogP contribution in [0.1, 0.15) is 37.9 Å². The highest BCUT2D eigenvalue weighted by Crippen LogP contribution is 2.26. The van der Waals surface area contributed by atoms with Crippen LogP contribution in [0.4, 0.5) is 0 Å². The van der Waals surface area contributed by atoms with Gasteiger partial charge >= 0.3 is 0 Å². The van der Waals surface area contributed by atoms with Gasteiger partial charge in [0.05, 0.1) is 12.2 Å². The smallest absolute Gasteiger partial charge is 0.0956 e. The molecule has 1 aromatic rings. The summed E-state index contributed by atoms with van der Waals surface area (Å²) in [5.41, 5.74) is 1.31. The Morgan fingerprint density at radius 1 is 1.19 bits per heavy atom. The highest BCUT2D eigenvalue weighted by atomic mass is 16.5. The Morgan fingerprint density at radius 2 is 2.00 bits per heavy atom. The summed E-state index contributed by atoms with van der Waals surface area (Å²) in [6.45, 7) is 6.78. The molecule has 3 heteroatoms. The molecule has 3 atom stereocenters. The molecule has 3 unspecified atom stereocenters. The lowest BCUT2D eigenvalue weighted by atomic mass is 10.1. The van der Waals surface area contributed by atoms with Gasteiger partial charge in [-0.2, -0.15) is 0 Å². The van der Waals surface area contributed by atoms with Gasteiger partial charge in [0.1, 0.15) is 0 Å². The molecule has 2 heterocycles. The molecule has 0 aliphatic carbocycles. The number of hydrogen-bond donors (Lipinski definition) is 0. The molecule has 0 bridgehead atoms. The fourth-order valence-corrected chi connectivity index (χ4v) is 3.75. The quantitative estimate of drug-likeness (QED) is 0.847. The van der Waals surface area contributed by atoms with Crippen LogP contribution in [-0.2, 0) is 4.74 Å². The molecule has 2 fully saturated rings. The zero-order chi connectivity index (χ0) is 14.7. The Morgan fingerprint density at radius 3 is 2.71 bits per heavy atom. The molecule has 3 nitrogen and oxygen atoms in total. The van der Waals surface area contributed by atoms with Gasteiger partial charge in [0.25, 0.3) is 0 Å². The van der Waals surface area contributed by atoms with E-state index in [1.54, 1.807) is 0 Å². The standard InChI is InChI=1S/C18H28N2O/c1-15-13-20(12-10-17-9-6-11-19(17)2)14-18(21-15)16-7-4-3-5-8-16/h3-5,7-8,15,17-18H,6,9-14H2,1-2H3.